The number of amides is 1. The quantitative estimate of drug-likeness (QED) is 0.444. The molecular weight excluding hydrogens is 424 g/mol. The van der Waals surface area contributed by atoms with E-state index in [0.29, 0.717) is 29.8 Å². The first kappa shape index (κ1) is 20.7. The summed E-state index contributed by atoms with van der Waals surface area (Å²) >= 11 is 6.06. The van der Waals surface area contributed by atoms with E-state index in [1.807, 2.05) is 54.6 Å². The Balaban J connectivity index is 1.24. The lowest BCUT2D eigenvalue weighted by atomic mass is 9.96. The lowest BCUT2D eigenvalue weighted by Gasteiger charge is -2.31. The molecule has 1 aromatic heterocycles. The number of anilines is 1. The third-order valence-electron chi connectivity index (χ3n) is 5.83. The Hall–Kier alpha value is -3.22. The van der Waals surface area contributed by atoms with Crippen LogP contribution in [0.5, 0.6) is 0 Å². The minimum atomic E-state index is -0.0851. The van der Waals surface area contributed by atoms with Crippen molar-refractivity contribution in [2.45, 2.75) is 19.4 Å². The molecule has 1 unspecified atom stereocenters. The number of nitrogens with one attached hydrogen (secondary N) is 1. The fourth-order valence-electron chi connectivity index (χ4n) is 4.24. The van der Waals surface area contributed by atoms with Gasteiger partial charge in [0.2, 0.25) is 17.6 Å². The van der Waals surface area contributed by atoms with Crippen molar-refractivity contribution < 1.29 is 9.32 Å². The minimum absolute atomic E-state index is 0.0520. The highest BCUT2D eigenvalue weighted by atomic mass is 35.5. The highest BCUT2D eigenvalue weighted by Gasteiger charge is 2.27. The summed E-state index contributed by atoms with van der Waals surface area (Å²) in [5.74, 6) is 1.02. The summed E-state index contributed by atoms with van der Waals surface area (Å²) in [7, 11) is 0. The number of rotatable bonds is 5. The second kappa shape index (κ2) is 9.10. The Morgan fingerprint density at radius 1 is 1.12 bits per heavy atom. The molecule has 6 nitrogen and oxygen atoms in total. The number of halogens is 1. The molecule has 0 radical (unpaired) electrons. The fraction of sp³-hybridized carbons (Fsp3) is 0.240. The van der Waals surface area contributed by atoms with Gasteiger partial charge in [0.15, 0.2) is 0 Å². The molecule has 1 N–H and O–H groups in total. The summed E-state index contributed by atoms with van der Waals surface area (Å²) in [5.41, 5.74) is 1.67. The van der Waals surface area contributed by atoms with Crippen molar-refractivity contribution in [1.29, 1.82) is 0 Å². The number of carbonyl (C=O) groups excluding carboxylic acids is 1. The van der Waals surface area contributed by atoms with Gasteiger partial charge in [-0.05, 0) is 43.0 Å². The van der Waals surface area contributed by atoms with Crippen molar-refractivity contribution in [3.8, 4) is 11.4 Å². The molecule has 1 amide bonds. The SMILES string of the molecule is O=C(Nc1cccc2ccccc12)C1CCCN(Cc2nc(-c3cccc(Cl)c3)no2)C1. The molecule has 0 spiro atoms. The number of hydrogen-bond acceptors (Lipinski definition) is 5. The maximum Gasteiger partial charge on any atom is 0.241 e. The second-order valence-corrected chi connectivity index (χ2v) is 8.55. The van der Waals surface area contributed by atoms with Crippen LogP contribution in [0, 0.1) is 5.92 Å². The predicted octanol–water partition coefficient (Wildman–Crippen LogP) is 5.39. The predicted molar refractivity (Wildman–Crippen MR) is 125 cm³/mol. The first-order valence-corrected chi connectivity index (χ1v) is 11.1. The van der Waals surface area contributed by atoms with Crippen LogP contribution in [-0.2, 0) is 11.3 Å². The van der Waals surface area contributed by atoms with E-state index in [0.717, 1.165) is 41.4 Å². The number of piperidine rings is 1. The standard InChI is InChI=1S/C25H23ClN4O2/c26-20-10-3-8-18(14-20)24-28-23(32-29-24)16-30-13-5-9-19(15-30)25(31)27-22-12-4-7-17-6-1-2-11-21(17)22/h1-4,6-8,10-12,14,19H,5,9,13,15-16H2,(H,27,31). The zero-order valence-corrected chi connectivity index (χ0v) is 18.3. The lowest BCUT2D eigenvalue weighted by Crippen LogP contribution is -2.40. The van der Waals surface area contributed by atoms with Crippen molar-refractivity contribution in [3.63, 3.8) is 0 Å². The Morgan fingerprint density at radius 3 is 2.88 bits per heavy atom. The molecule has 0 bridgehead atoms. The number of benzene rings is 3. The number of carbonyl (C=O) groups is 1. The molecular formula is C25H23ClN4O2. The van der Waals surface area contributed by atoms with Gasteiger partial charge in [-0.15, -0.1) is 0 Å². The second-order valence-electron chi connectivity index (χ2n) is 8.11. The normalized spacial score (nSPS) is 16.8. The van der Waals surface area contributed by atoms with Crippen LogP contribution >= 0.6 is 11.6 Å². The van der Waals surface area contributed by atoms with Crippen LogP contribution in [-0.4, -0.2) is 34.0 Å². The fourth-order valence-corrected chi connectivity index (χ4v) is 4.43. The molecule has 162 valence electrons. The van der Waals surface area contributed by atoms with E-state index < -0.39 is 0 Å². The maximum atomic E-state index is 13.0. The number of likely N-dealkylation sites (tertiary alicyclic amines) is 1. The highest BCUT2D eigenvalue weighted by molar-refractivity contribution is 6.30. The van der Waals surface area contributed by atoms with Crippen LogP contribution in [0.4, 0.5) is 5.69 Å². The van der Waals surface area contributed by atoms with Crippen LogP contribution < -0.4 is 5.32 Å². The van der Waals surface area contributed by atoms with Gasteiger partial charge in [0.05, 0.1) is 12.5 Å². The third-order valence-corrected chi connectivity index (χ3v) is 6.07. The zero-order valence-electron chi connectivity index (χ0n) is 17.5. The van der Waals surface area contributed by atoms with Crippen molar-refractivity contribution >= 4 is 34.0 Å². The average Bonchev–Trinajstić information content (AvgIpc) is 3.28. The monoisotopic (exact) mass is 446 g/mol. The van der Waals surface area contributed by atoms with Crippen molar-refractivity contribution in [2.75, 3.05) is 18.4 Å². The van der Waals surface area contributed by atoms with Gasteiger partial charge in [0.25, 0.3) is 0 Å². The Morgan fingerprint density at radius 2 is 1.97 bits per heavy atom. The van der Waals surface area contributed by atoms with Crippen LogP contribution in [0.3, 0.4) is 0 Å². The largest absolute Gasteiger partial charge is 0.338 e. The molecule has 0 saturated carbocycles. The Labute approximate surface area is 191 Å². The van der Waals surface area contributed by atoms with Gasteiger partial charge in [-0.25, -0.2) is 0 Å². The van der Waals surface area contributed by atoms with E-state index in [-0.39, 0.29) is 11.8 Å². The van der Waals surface area contributed by atoms with Gasteiger partial charge in [-0.1, -0.05) is 65.3 Å². The average molecular weight is 447 g/mol. The summed E-state index contributed by atoms with van der Waals surface area (Å²) < 4.78 is 5.45. The summed E-state index contributed by atoms with van der Waals surface area (Å²) in [6.07, 6.45) is 1.81. The molecule has 1 atom stereocenters. The molecule has 1 saturated heterocycles. The smallest absolute Gasteiger partial charge is 0.241 e. The van der Waals surface area contributed by atoms with E-state index in [1.165, 1.54) is 0 Å². The zero-order chi connectivity index (χ0) is 21.9. The van der Waals surface area contributed by atoms with Gasteiger partial charge in [-0.2, -0.15) is 4.98 Å². The molecule has 0 aliphatic carbocycles. The molecule has 5 rings (SSSR count). The van der Waals surface area contributed by atoms with Crippen molar-refractivity contribution in [3.05, 3.63) is 77.6 Å². The number of hydrogen-bond donors (Lipinski definition) is 1. The topological polar surface area (TPSA) is 71.3 Å². The third kappa shape index (κ3) is 4.52. The number of nitrogens with zero attached hydrogens (tertiary/aromatic N) is 3. The highest BCUT2D eigenvalue weighted by Crippen LogP contribution is 2.26. The lowest BCUT2D eigenvalue weighted by molar-refractivity contribution is -0.121. The van der Waals surface area contributed by atoms with Crippen LogP contribution in [0.2, 0.25) is 5.02 Å². The summed E-state index contributed by atoms with van der Waals surface area (Å²) in [5, 5.41) is 10.0. The molecule has 3 aromatic carbocycles. The van der Waals surface area contributed by atoms with E-state index >= 15 is 0 Å². The van der Waals surface area contributed by atoms with Crippen molar-refractivity contribution in [2.24, 2.45) is 5.92 Å². The molecule has 7 heteroatoms. The number of aromatic nitrogens is 2. The van der Waals surface area contributed by atoms with Gasteiger partial charge >= 0.3 is 0 Å². The van der Waals surface area contributed by atoms with Gasteiger partial charge in [0, 0.05) is 28.2 Å². The summed E-state index contributed by atoms with van der Waals surface area (Å²) in [4.78, 5) is 19.7. The molecule has 1 aliphatic heterocycles. The molecule has 2 heterocycles. The maximum absolute atomic E-state index is 13.0. The minimum Gasteiger partial charge on any atom is -0.338 e. The van der Waals surface area contributed by atoms with Crippen LogP contribution in [0.15, 0.2) is 71.3 Å². The molecule has 32 heavy (non-hydrogen) atoms. The first-order chi connectivity index (χ1) is 15.7. The molecule has 1 fully saturated rings. The Bertz CT molecular complexity index is 1250. The molecule has 1 aliphatic rings. The van der Waals surface area contributed by atoms with Crippen LogP contribution in [0.25, 0.3) is 22.2 Å². The van der Waals surface area contributed by atoms with E-state index in [9.17, 15) is 4.79 Å². The van der Waals surface area contributed by atoms with Crippen LogP contribution in [0.1, 0.15) is 18.7 Å². The van der Waals surface area contributed by atoms with Gasteiger partial charge in [-0.3, -0.25) is 9.69 Å². The van der Waals surface area contributed by atoms with Gasteiger partial charge in [0.1, 0.15) is 0 Å². The molecule has 4 aromatic rings. The van der Waals surface area contributed by atoms with E-state index in [1.54, 1.807) is 0 Å². The summed E-state index contributed by atoms with van der Waals surface area (Å²) in [6, 6.07) is 21.4. The van der Waals surface area contributed by atoms with Gasteiger partial charge < -0.3 is 9.84 Å². The van der Waals surface area contributed by atoms with E-state index in [4.69, 9.17) is 16.1 Å². The van der Waals surface area contributed by atoms with E-state index in [2.05, 4.69) is 32.5 Å². The Kier molecular flexibility index (Phi) is 5.88. The first-order valence-electron chi connectivity index (χ1n) is 10.8. The number of fused-ring (bicyclic) bond motifs is 1. The summed E-state index contributed by atoms with van der Waals surface area (Å²) in [6.45, 7) is 2.07. The van der Waals surface area contributed by atoms with Crippen molar-refractivity contribution in [1.82, 2.24) is 15.0 Å².